The maximum absolute atomic E-state index is 13.4. The summed E-state index contributed by atoms with van der Waals surface area (Å²) in [5.74, 6) is 0.474. The van der Waals surface area contributed by atoms with Gasteiger partial charge in [-0.2, -0.15) is 0 Å². The molecule has 3 aliphatic rings. The van der Waals surface area contributed by atoms with Crippen molar-refractivity contribution in [3.8, 4) is 0 Å². The summed E-state index contributed by atoms with van der Waals surface area (Å²) in [5.41, 5.74) is 1.76. The Kier molecular flexibility index (Phi) is 10.2. The van der Waals surface area contributed by atoms with Gasteiger partial charge >= 0.3 is 6.03 Å². The number of rotatable bonds is 8. The van der Waals surface area contributed by atoms with Crippen LogP contribution in [-0.4, -0.2) is 84.5 Å². The predicted molar refractivity (Wildman–Crippen MR) is 160 cm³/mol. The molecule has 3 fully saturated rings. The molecule has 3 saturated heterocycles. The number of piperidine rings is 2. The van der Waals surface area contributed by atoms with Gasteiger partial charge in [0.05, 0.1) is 10.6 Å². The molecule has 1 aromatic carbocycles. The molecule has 0 unspecified atom stereocenters. The van der Waals surface area contributed by atoms with Crippen LogP contribution in [0.25, 0.3) is 0 Å². The van der Waals surface area contributed by atoms with E-state index in [1.807, 2.05) is 17.0 Å². The Labute approximate surface area is 251 Å². The van der Waals surface area contributed by atoms with Crippen molar-refractivity contribution >= 4 is 34.2 Å². The van der Waals surface area contributed by atoms with Crippen LogP contribution in [-0.2, 0) is 16.0 Å². The number of likely N-dealkylation sites (tertiary alicyclic amines) is 2. The van der Waals surface area contributed by atoms with Crippen LogP contribution < -0.4 is 10.6 Å². The number of ether oxygens (including phenoxy) is 1. The molecule has 2 aromatic rings. The van der Waals surface area contributed by atoms with E-state index in [1.54, 1.807) is 6.92 Å². The third-order valence-electron chi connectivity index (χ3n) is 8.80. The second-order valence-electron chi connectivity index (χ2n) is 12.0. The summed E-state index contributed by atoms with van der Waals surface area (Å²) >= 11 is 1.18. The summed E-state index contributed by atoms with van der Waals surface area (Å²) in [6.07, 6.45) is 5.33. The number of carbonyl (C=O) groups is 3. The highest BCUT2D eigenvalue weighted by Crippen LogP contribution is 2.28. The molecule has 3 amide bonds. The van der Waals surface area contributed by atoms with Crippen molar-refractivity contribution in [1.82, 2.24) is 20.1 Å². The molecule has 0 saturated carbocycles. The normalized spacial score (nSPS) is 23.9. The lowest BCUT2D eigenvalue weighted by atomic mass is 9.87. The Morgan fingerprint density at radius 1 is 1.07 bits per heavy atom. The minimum atomic E-state index is -0.342. The third kappa shape index (κ3) is 7.93. The fourth-order valence-corrected chi connectivity index (χ4v) is 7.51. The average Bonchev–Trinajstić information content (AvgIpc) is 3.35. The highest BCUT2D eigenvalue weighted by atomic mass is 32.1. The fourth-order valence-electron chi connectivity index (χ4n) is 6.66. The first-order chi connectivity index (χ1) is 20.2. The van der Waals surface area contributed by atoms with Crippen LogP contribution in [0.3, 0.4) is 0 Å². The van der Waals surface area contributed by atoms with Gasteiger partial charge in [-0.1, -0.05) is 23.5 Å². The number of nitrogens with one attached hydrogen (secondary N) is 2. The van der Waals surface area contributed by atoms with Crippen molar-refractivity contribution in [3.63, 3.8) is 0 Å². The SMILES string of the molecule is CC(=O)c1sc(NC(=O)N[C@@H]2CCN(C(=O)C3CCOCC3)C[C@H]2CN2CCC[C@@H](Cc3ccc(F)cc3)C2)nc1C. The van der Waals surface area contributed by atoms with E-state index in [4.69, 9.17) is 4.74 Å². The summed E-state index contributed by atoms with van der Waals surface area (Å²) in [6, 6.07) is 6.35. The van der Waals surface area contributed by atoms with Crippen molar-refractivity contribution < 1.29 is 23.5 Å². The lowest BCUT2D eigenvalue weighted by molar-refractivity contribution is -0.141. The lowest BCUT2D eigenvalue weighted by Crippen LogP contribution is -2.57. The van der Waals surface area contributed by atoms with Crippen molar-refractivity contribution in [3.05, 3.63) is 46.2 Å². The Morgan fingerprint density at radius 2 is 1.83 bits per heavy atom. The van der Waals surface area contributed by atoms with Gasteiger partial charge < -0.3 is 19.9 Å². The van der Waals surface area contributed by atoms with Gasteiger partial charge in [0.1, 0.15) is 5.82 Å². The van der Waals surface area contributed by atoms with Gasteiger partial charge in [0, 0.05) is 64.2 Å². The molecule has 0 spiro atoms. The number of anilines is 1. The number of urea groups is 1. The number of halogens is 1. The summed E-state index contributed by atoms with van der Waals surface area (Å²) in [4.78, 5) is 47.7. The number of thiazole rings is 1. The summed E-state index contributed by atoms with van der Waals surface area (Å²) in [7, 11) is 0. The van der Waals surface area contributed by atoms with Crippen LogP contribution in [0.5, 0.6) is 0 Å². The summed E-state index contributed by atoms with van der Waals surface area (Å²) in [5, 5.41) is 6.40. The fraction of sp³-hybridized carbons (Fsp3) is 0.613. The second-order valence-corrected chi connectivity index (χ2v) is 13.0. The number of Topliss-reactive ketones (excluding diaryl/α,β-unsaturated/α-hetero) is 1. The number of nitrogens with zero attached hydrogens (tertiary/aromatic N) is 3. The number of amides is 3. The first-order valence-corrected chi connectivity index (χ1v) is 16.0. The highest BCUT2D eigenvalue weighted by molar-refractivity contribution is 7.17. The molecule has 3 aliphatic heterocycles. The third-order valence-corrected chi connectivity index (χ3v) is 9.98. The van der Waals surface area contributed by atoms with Gasteiger partial charge in [0.2, 0.25) is 5.91 Å². The molecular formula is C31H42FN5O4S. The van der Waals surface area contributed by atoms with Crippen molar-refractivity contribution in [2.45, 2.75) is 58.4 Å². The van der Waals surface area contributed by atoms with Gasteiger partial charge in [-0.15, -0.1) is 0 Å². The zero-order valence-corrected chi connectivity index (χ0v) is 25.4. The predicted octanol–water partition coefficient (Wildman–Crippen LogP) is 4.51. The van der Waals surface area contributed by atoms with E-state index in [-0.39, 0.29) is 41.4 Å². The zero-order chi connectivity index (χ0) is 29.6. The van der Waals surface area contributed by atoms with Gasteiger partial charge in [0.15, 0.2) is 10.9 Å². The Balaban J connectivity index is 1.24. The standard InChI is InChI=1S/C31H42FN5O4S/c1-20-28(21(2)38)42-31(33-20)35-30(40)34-27-9-13-37(29(39)24-10-14-41-15-11-24)19-25(27)18-36-12-3-4-23(17-36)16-22-5-7-26(32)8-6-22/h5-8,23-25,27H,3-4,9-19H2,1-2H3,(H2,33,34,35,40)/t23-,25+,27+/m0/s1. The molecule has 42 heavy (non-hydrogen) atoms. The number of ketones is 1. The first-order valence-electron chi connectivity index (χ1n) is 15.1. The quantitative estimate of drug-likeness (QED) is 0.433. The molecule has 4 heterocycles. The van der Waals surface area contributed by atoms with Gasteiger partial charge in [-0.05, 0) is 75.6 Å². The Morgan fingerprint density at radius 3 is 2.55 bits per heavy atom. The molecule has 0 bridgehead atoms. The van der Waals surface area contributed by atoms with E-state index in [2.05, 4.69) is 20.5 Å². The monoisotopic (exact) mass is 599 g/mol. The summed E-state index contributed by atoms with van der Waals surface area (Å²) in [6.45, 7) is 8.43. The Bertz CT molecular complexity index is 1250. The topological polar surface area (TPSA) is 104 Å². The van der Waals surface area contributed by atoms with Crippen molar-refractivity contribution in [1.29, 1.82) is 0 Å². The molecule has 1 aromatic heterocycles. The molecule has 0 aliphatic carbocycles. The van der Waals surface area contributed by atoms with E-state index in [9.17, 15) is 18.8 Å². The van der Waals surface area contributed by atoms with Crippen LogP contribution in [0.15, 0.2) is 24.3 Å². The first kappa shape index (κ1) is 30.6. The number of aryl methyl sites for hydroxylation is 1. The van der Waals surface area contributed by atoms with Gasteiger partial charge in [-0.3, -0.25) is 14.9 Å². The van der Waals surface area contributed by atoms with Gasteiger partial charge in [-0.25, -0.2) is 14.2 Å². The van der Waals surface area contributed by atoms with Crippen LogP contribution in [0.4, 0.5) is 14.3 Å². The minimum Gasteiger partial charge on any atom is -0.381 e. The van der Waals surface area contributed by atoms with E-state index in [0.717, 1.165) is 57.3 Å². The largest absolute Gasteiger partial charge is 0.381 e. The van der Waals surface area contributed by atoms with Crippen LogP contribution >= 0.6 is 11.3 Å². The van der Waals surface area contributed by atoms with Crippen molar-refractivity contribution in [2.24, 2.45) is 17.8 Å². The molecular weight excluding hydrogens is 557 g/mol. The summed E-state index contributed by atoms with van der Waals surface area (Å²) < 4.78 is 18.9. The van der Waals surface area contributed by atoms with Crippen molar-refractivity contribution in [2.75, 3.05) is 51.3 Å². The van der Waals surface area contributed by atoms with Crippen LogP contribution in [0.1, 0.15) is 60.0 Å². The zero-order valence-electron chi connectivity index (χ0n) is 24.6. The maximum Gasteiger partial charge on any atom is 0.321 e. The molecule has 5 rings (SSSR count). The van der Waals surface area contributed by atoms with E-state index < -0.39 is 0 Å². The molecule has 3 atom stereocenters. The molecule has 11 heteroatoms. The van der Waals surface area contributed by atoms with Crippen LogP contribution in [0.2, 0.25) is 0 Å². The van der Waals surface area contributed by atoms with E-state index >= 15 is 0 Å². The van der Waals surface area contributed by atoms with Gasteiger partial charge in [0.25, 0.3) is 0 Å². The minimum absolute atomic E-state index is 0.00546. The maximum atomic E-state index is 13.4. The van der Waals surface area contributed by atoms with E-state index in [1.165, 1.54) is 30.4 Å². The molecule has 2 N–H and O–H groups in total. The Hall–Kier alpha value is -2.89. The molecule has 228 valence electrons. The van der Waals surface area contributed by atoms with Crippen LogP contribution in [0, 0.1) is 30.5 Å². The lowest BCUT2D eigenvalue weighted by Gasteiger charge is -2.43. The highest BCUT2D eigenvalue weighted by Gasteiger charge is 2.37. The van der Waals surface area contributed by atoms with E-state index in [0.29, 0.717) is 54.3 Å². The number of aromatic nitrogens is 1. The average molecular weight is 600 g/mol. The number of hydrogen-bond donors (Lipinski definition) is 2. The number of hydrogen-bond acceptors (Lipinski definition) is 7. The number of carbonyl (C=O) groups excluding carboxylic acids is 3. The smallest absolute Gasteiger partial charge is 0.321 e. The molecule has 9 nitrogen and oxygen atoms in total. The number of benzene rings is 1. The molecule has 0 radical (unpaired) electrons. The second kappa shape index (κ2) is 14.1.